The normalized spacial score (nSPS) is 12.8. The van der Waals surface area contributed by atoms with E-state index >= 15 is 0 Å². The summed E-state index contributed by atoms with van der Waals surface area (Å²) in [6.07, 6.45) is 2.51. The number of aliphatic hydroxyl groups excluding tert-OH is 1. The highest BCUT2D eigenvalue weighted by Crippen LogP contribution is 2.04. The van der Waals surface area contributed by atoms with Crippen LogP contribution in [0.5, 0.6) is 0 Å². The van der Waals surface area contributed by atoms with Gasteiger partial charge in [-0.05, 0) is 12.3 Å². The zero-order valence-corrected chi connectivity index (χ0v) is 10.7. The molecule has 0 saturated carbocycles. The lowest BCUT2D eigenvalue weighted by molar-refractivity contribution is 0.0916. The molecule has 0 saturated heterocycles. The second-order valence-electron chi connectivity index (χ2n) is 4.45. The Morgan fingerprint density at radius 3 is 2.82 bits per heavy atom. The Morgan fingerprint density at radius 1 is 1.59 bits per heavy atom. The topological polar surface area (TPSA) is 78.0 Å². The number of carbonyl (C=O) groups is 1. The second kappa shape index (κ2) is 6.39. The van der Waals surface area contributed by atoms with E-state index in [-0.39, 0.29) is 17.9 Å². The lowest BCUT2D eigenvalue weighted by atomic mass is 10.0. The zero-order chi connectivity index (χ0) is 12.8. The van der Waals surface area contributed by atoms with Gasteiger partial charge < -0.3 is 15.4 Å². The third kappa shape index (κ3) is 4.19. The molecule has 5 nitrogen and oxygen atoms in total. The number of nitrogens with one attached hydrogen (secondary N) is 2. The molecule has 0 aliphatic heterocycles. The van der Waals surface area contributed by atoms with Crippen LogP contribution in [0, 0.1) is 5.92 Å². The van der Waals surface area contributed by atoms with Gasteiger partial charge in [0.2, 0.25) is 0 Å². The molecule has 1 atom stereocenters. The number of aryl methyl sites for hydroxylation is 1. The number of hydrogen-bond acceptors (Lipinski definition) is 3. The number of nitrogens with zero attached hydrogens (tertiary/aromatic N) is 1. The molecule has 0 bridgehead atoms. The fraction of sp³-hybridized carbons (Fsp3) is 0.667. The summed E-state index contributed by atoms with van der Waals surface area (Å²) in [6.45, 7) is 6.35. The molecule has 0 aromatic carbocycles. The van der Waals surface area contributed by atoms with Gasteiger partial charge in [-0.2, -0.15) is 0 Å². The highest BCUT2D eigenvalue weighted by Gasteiger charge is 2.11. The quantitative estimate of drug-likeness (QED) is 0.696. The molecule has 1 amide bonds. The number of aromatic amines is 1. The fourth-order valence-corrected chi connectivity index (χ4v) is 1.42. The molecule has 3 N–H and O–H groups in total. The van der Waals surface area contributed by atoms with Crippen LogP contribution in [0.3, 0.4) is 0 Å². The maximum Gasteiger partial charge on any atom is 0.269 e. The summed E-state index contributed by atoms with van der Waals surface area (Å²) in [4.78, 5) is 18.7. The molecule has 1 unspecified atom stereocenters. The van der Waals surface area contributed by atoms with E-state index in [1.54, 1.807) is 0 Å². The molecule has 0 spiro atoms. The Kier molecular flexibility index (Phi) is 5.15. The molecular formula is C12H21N3O2. The third-order valence-electron chi connectivity index (χ3n) is 2.70. The van der Waals surface area contributed by atoms with Crippen LogP contribution in [0.1, 0.15) is 43.5 Å². The highest BCUT2D eigenvalue weighted by atomic mass is 16.3. The van der Waals surface area contributed by atoms with Crippen molar-refractivity contribution in [1.29, 1.82) is 0 Å². The van der Waals surface area contributed by atoms with E-state index in [1.165, 1.54) is 6.20 Å². The van der Waals surface area contributed by atoms with E-state index in [0.29, 0.717) is 18.7 Å². The number of carbonyl (C=O) groups excluding carboxylic acids is 1. The summed E-state index contributed by atoms with van der Waals surface area (Å²) in [5.41, 5.74) is 0.473. The first kappa shape index (κ1) is 13.7. The minimum atomic E-state index is -0.372. The SMILES string of the molecule is CCc1ncc(C(=O)NCCC(O)C(C)C)[nH]1. The number of H-pyrrole nitrogens is 1. The lowest BCUT2D eigenvalue weighted by Crippen LogP contribution is -2.28. The molecule has 1 rings (SSSR count). The van der Waals surface area contributed by atoms with Crippen molar-refractivity contribution in [3.05, 3.63) is 17.7 Å². The second-order valence-corrected chi connectivity index (χ2v) is 4.45. The number of rotatable bonds is 6. The third-order valence-corrected chi connectivity index (χ3v) is 2.70. The Labute approximate surface area is 102 Å². The molecule has 1 aromatic rings. The van der Waals surface area contributed by atoms with Gasteiger partial charge in [0.1, 0.15) is 11.5 Å². The van der Waals surface area contributed by atoms with Crippen LogP contribution in [0.4, 0.5) is 0 Å². The van der Waals surface area contributed by atoms with E-state index < -0.39 is 0 Å². The molecule has 0 aliphatic carbocycles. The predicted molar refractivity (Wildman–Crippen MR) is 65.8 cm³/mol. The van der Waals surface area contributed by atoms with Crippen molar-refractivity contribution in [2.45, 2.75) is 39.7 Å². The lowest BCUT2D eigenvalue weighted by Gasteiger charge is -2.14. The molecule has 1 aromatic heterocycles. The molecule has 5 heteroatoms. The maximum absolute atomic E-state index is 11.7. The summed E-state index contributed by atoms with van der Waals surface area (Å²) in [5.74, 6) is 0.844. The molecule has 0 aliphatic rings. The fourth-order valence-electron chi connectivity index (χ4n) is 1.42. The van der Waals surface area contributed by atoms with Gasteiger partial charge in [-0.15, -0.1) is 0 Å². The van der Waals surface area contributed by atoms with Gasteiger partial charge in [-0.25, -0.2) is 4.98 Å². The van der Waals surface area contributed by atoms with E-state index in [0.717, 1.165) is 12.2 Å². The predicted octanol–water partition coefficient (Wildman–Crippen LogP) is 1.11. The number of aliphatic hydroxyl groups is 1. The first-order valence-corrected chi connectivity index (χ1v) is 6.04. The Morgan fingerprint density at radius 2 is 2.29 bits per heavy atom. The summed E-state index contributed by atoms with van der Waals surface area (Å²) in [7, 11) is 0. The van der Waals surface area contributed by atoms with E-state index in [9.17, 15) is 9.90 Å². The number of aromatic nitrogens is 2. The molecule has 1 heterocycles. The molecular weight excluding hydrogens is 218 g/mol. The summed E-state index contributed by atoms with van der Waals surface area (Å²) >= 11 is 0. The van der Waals surface area contributed by atoms with Crippen molar-refractivity contribution in [3.63, 3.8) is 0 Å². The van der Waals surface area contributed by atoms with Gasteiger partial charge in [-0.1, -0.05) is 20.8 Å². The van der Waals surface area contributed by atoms with Gasteiger partial charge in [-0.3, -0.25) is 4.79 Å². The van der Waals surface area contributed by atoms with Gasteiger partial charge >= 0.3 is 0 Å². The van der Waals surface area contributed by atoms with E-state index in [1.807, 2.05) is 20.8 Å². The van der Waals surface area contributed by atoms with Gasteiger partial charge in [0.05, 0.1) is 12.3 Å². The summed E-state index contributed by atoms with van der Waals surface area (Å²) in [5, 5.41) is 12.3. The smallest absolute Gasteiger partial charge is 0.269 e. The van der Waals surface area contributed by atoms with Crippen molar-refractivity contribution in [2.24, 2.45) is 5.92 Å². The first-order valence-electron chi connectivity index (χ1n) is 6.04. The molecule has 96 valence electrons. The van der Waals surface area contributed by atoms with Crippen molar-refractivity contribution < 1.29 is 9.90 Å². The minimum absolute atomic E-state index is 0.173. The van der Waals surface area contributed by atoms with Crippen molar-refractivity contribution in [2.75, 3.05) is 6.54 Å². The van der Waals surface area contributed by atoms with E-state index in [2.05, 4.69) is 15.3 Å². The van der Waals surface area contributed by atoms with Crippen LogP contribution >= 0.6 is 0 Å². The maximum atomic E-state index is 11.7. The monoisotopic (exact) mass is 239 g/mol. The van der Waals surface area contributed by atoms with Crippen molar-refractivity contribution >= 4 is 5.91 Å². The first-order chi connectivity index (χ1) is 8.04. The van der Waals surface area contributed by atoms with Crippen LogP contribution in [-0.4, -0.2) is 33.6 Å². The van der Waals surface area contributed by atoms with Crippen molar-refractivity contribution in [1.82, 2.24) is 15.3 Å². The Hall–Kier alpha value is -1.36. The van der Waals surface area contributed by atoms with E-state index in [4.69, 9.17) is 0 Å². The largest absolute Gasteiger partial charge is 0.393 e. The molecule has 17 heavy (non-hydrogen) atoms. The Bertz CT molecular complexity index is 360. The number of hydrogen-bond donors (Lipinski definition) is 3. The highest BCUT2D eigenvalue weighted by molar-refractivity contribution is 5.92. The summed E-state index contributed by atoms with van der Waals surface area (Å²) < 4.78 is 0. The minimum Gasteiger partial charge on any atom is -0.393 e. The van der Waals surface area contributed by atoms with Crippen LogP contribution in [-0.2, 0) is 6.42 Å². The average molecular weight is 239 g/mol. The van der Waals surface area contributed by atoms with Gasteiger partial charge in [0.15, 0.2) is 0 Å². The van der Waals surface area contributed by atoms with Crippen LogP contribution in [0.15, 0.2) is 6.20 Å². The standard InChI is InChI=1S/C12H21N3O2/c1-4-11-14-7-9(15-11)12(17)13-6-5-10(16)8(2)3/h7-8,10,16H,4-6H2,1-3H3,(H,13,17)(H,14,15). The zero-order valence-electron chi connectivity index (χ0n) is 10.7. The summed E-state index contributed by atoms with van der Waals surface area (Å²) in [6, 6.07) is 0. The van der Waals surface area contributed by atoms with Gasteiger partial charge in [0, 0.05) is 13.0 Å². The molecule has 0 fully saturated rings. The number of amides is 1. The Balaban J connectivity index is 2.35. The molecule has 0 radical (unpaired) electrons. The van der Waals surface area contributed by atoms with Crippen LogP contribution in [0.2, 0.25) is 0 Å². The van der Waals surface area contributed by atoms with Gasteiger partial charge in [0.25, 0.3) is 5.91 Å². The average Bonchev–Trinajstić information content (AvgIpc) is 2.77. The number of imidazole rings is 1. The van der Waals surface area contributed by atoms with Crippen LogP contribution < -0.4 is 5.32 Å². The van der Waals surface area contributed by atoms with Crippen LogP contribution in [0.25, 0.3) is 0 Å². The van der Waals surface area contributed by atoms with Crippen molar-refractivity contribution in [3.8, 4) is 0 Å².